The third-order valence-corrected chi connectivity index (χ3v) is 7.05. The Kier molecular flexibility index (Phi) is 8.79. The van der Waals surface area contributed by atoms with Gasteiger partial charge in [-0.2, -0.15) is 13.2 Å². The first-order valence-corrected chi connectivity index (χ1v) is 13.0. The van der Waals surface area contributed by atoms with E-state index in [-0.39, 0.29) is 41.0 Å². The first kappa shape index (κ1) is 28.4. The molecule has 0 radical (unpaired) electrons. The van der Waals surface area contributed by atoms with Gasteiger partial charge in [-0.15, -0.1) is 0 Å². The number of aliphatic hydroxyl groups excluding tert-OH is 1. The number of carbonyl (C=O) groups is 1. The molecule has 2 atom stereocenters. The number of carbonyl (C=O) groups excluding carboxylic acids is 1. The highest BCUT2D eigenvalue weighted by Gasteiger charge is 2.33. The van der Waals surface area contributed by atoms with Crippen LogP contribution in [0.15, 0.2) is 41.6 Å². The second-order valence-electron chi connectivity index (χ2n) is 8.92. The summed E-state index contributed by atoms with van der Waals surface area (Å²) in [6, 6.07) is 8.30. The number of rotatable bonds is 7. The molecule has 1 saturated heterocycles. The van der Waals surface area contributed by atoms with Crippen molar-refractivity contribution in [2.24, 2.45) is 0 Å². The topological polar surface area (TPSA) is 103 Å². The van der Waals surface area contributed by atoms with Gasteiger partial charge in [-0.1, -0.05) is 5.92 Å². The molecule has 0 spiro atoms. The molecule has 13 heteroatoms. The Morgan fingerprint density at radius 1 is 1.28 bits per heavy atom. The maximum Gasteiger partial charge on any atom is 0.447 e. The number of nitrogens with one attached hydrogen (secondary N) is 3. The standard InChI is InChI=1S/C26H29F3N6O3S/c1-30-24(37)16-8-10-18(21(14-16)38-3)31-12-4-6-20-25(39-26(27,28)29)35-13-5-7-19(23(35)33-20)32-17-9-11-22(36)34(2)15-17/h5,7-8,10,13-14,17,22,31-32,36H,9,11-12,15H2,1-3H3,(H,30,37)/t17-,22?/m1/s1. The van der Waals surface area contributed by atoms with Gasteiger partial charge in [0.05, 0.1) is 25.0 Å². The van der Waals surface area contributed by atoms with Gasteiger partial charge >= 0.3 is 5.51 Å². The van der Waals surface area contributed by atoms with Crippen LogP contribution in [-0.4, -0.2) is 77.4 Å². The normalized spacial score (nSPS) is 17.8. The molecule has 1 aromatic carbocycles. The van der Waals surface area contributed by atoms with Gasteiger partial charge in [-0.05, 0) is 56.1 Å². The number of imidazole rings is 1. The summed E-state index contributed by atoms with van der Waals surface area (Å²) in [7, 11) is 4.82. The summed E-state index contributed by atoms with van der Waals surface area (Å²) >= 11 is -0.263. The molecule has 0 bridgehead atoms. The van der Waals surface area contributed by atoms with Gasteiger partial charge in [-0.25, -0.2) is 4.98 Å². The number of aliphatic hydroxyl groups is 1. The molecule has 3 heterocycles. The van der Waals surface area contributed by atoms with Crippen LogP contribution in [0.5, 0.6) is 5.75 Å². The number of pyridine rings is 1. The number of nitrogens with zero attached hydrogens (tertiary/aromatic N) is 3. The molecule has 9 nitrogen and oxygen atoms in total. The molecule has 0 aliphatic carbocycles. The lowest BCUT2D eigenvalue weighted by molar-refractivity contribution is -0.0330. The number of hydrogen-bond acceptors (Lipinski definition) is 8. The summed E-state index contributed by atoms with van der Waals surface area (Å²) in [6.45, 7) is 0.681. The summed E-state index contributed by atoms with van der Waals surface area (Å²) in [5.41, 5.74) is -2.61. The molecular weight excluding hydrogens is 533 g/mol. The average Bonchev–Trinajstić information content (AvgIpc) is 3.24. The molecule has 3 aromatic rings. The van der Waals surface area contributed by atoms with Crippen molar-refractivity contribution in [3.63, 3.8) is 0 Å². The largest absolute Gasteiger partial charge is 0.495 e. The van der Waals surface area contributed by atoms with Crippen molar-refractivity contribution in [3.8, 4) is 17.6 Å². The first-order valence-electron chi connectivity index (χ1n) is 12.1. The van der Waals surface area contributed by atoms with Crippen molar-refractivity contribution in [1.29, 1.82) is 0 Å². The quantitative estimate of drug-likeness (QED) is 0.256. The number of hydrogen-bond donors (Lipinski definition) is 4. The number of anilines is 2. The van der Waals surface area contributed by atoms with E-state index in [0.29, 0.717) is 47.7 Å². The highest BCUT2D eigenvalue weighted by Crippen LogP contribution is 2.39. The minimum Gasteiger partial charge on any atom is -0.495 e. The first-order chi connectivity index (χ1) is 18.6. The van der Waals surface area contributed by atoms with Crippen LogP contribution in [0, 0.1) is 11.8 Å². The maximum atomic E-state index is 13.5. The average molecular weight is 563 g/mol. The van der Waals surface area contributed by atoms with Crippen LogP contribution in [0.2, 0.25) is 0 Å². The van der Waals surface area contributed by atoms with Crippen LogP contribution < -0.4 is 20.7 Å². The van der Waals surface area contributed by atoms with E-state index in [1.807, 2.05) is 11.9 Å². The van der Waals surface area contributed by atoms with E-state index in [1.54, 1.807) is 30.3 Å². The number of benzene rings is 1. The highest BCUT2D eigenvalue weighted by atomic mass is 32.2. The van der Waals surface area contributed by atoms with Gasteiger partial charge in [0.2, 0.25) is 0 Å². The molecule has 1 amide bonds. The lowest BCUT2D eigenvalue weighted by atomic mass is 10.0. The van der Waals surface area contributed by atoms with Crippen molar-refractivity contribution >= 4 is 34.7 Å². The number of thioether (sulfide) groups is 1. The van der Waals surface area contributed by atoms with E-state index >= 15 is 0 Å². The Morgan fingerprint density at radius 3 is 2.77 bits per heavy atom. The summed E-state index contributed by atoms with van der Waals surface area (Å²) in [5.74, 6) is 5.78. The molecule has 2 aromatic heterocycles. The van der Waals surface area contributed by atoms with Crippen LogP contribution in [0.1, 0.15) is 28.9 Å². The van der Waals surface area contributed by atoms with Gasteiger partial charge in [0.15, 0.2) is 5.65 Å². The fourth-order valence-corrected chi connectivity index (χ4v) is 4.96. The van der Waals surface area contributed by atoms with Gasteiger partial charge in [0, 0.05) is 43.2 Å². The molecule has 0 saturated carbocycles. The molecule has 4 N–H and O–H groups in total. The second-order valence-corrected chi connectivity index (χ2v) is 9.97. The Hall–Kier alpha value is -3.60. The number of halogens is 3. The predicted octanol–water partition coefficient (Wildman–Crippen LogP) is 3.60. The van der Waals surface area contributed by atoms with E-state index in [0.717, 1.165) is 0 Å². The predicted molar refractivity (Wildman–Crippen MR) is 144 cm³/mol. The molecule has 1 fully saturated rings. The number of fused-ring (bicyclic) bond motifs is 1. The molecular formula is C26H29F3N6O3S. The van der Waals surface area contributed by atoms with Crippen molar-refractivity contribution < 1.29 is 27.8 Å². The van der Waals surface area contributed by atoms with Crippen molar-refractivity contribution in [2.45, 2.75) is 35.6 Å². The van der Waals surface area contributed by atoms with Crippen molar-refractivity contribution in [2.75, 3.05) is 44.9 Å². The lowest BCUT2D eigenvalue weighted by Gasteiger charge is -2.34. The summed E-state index contributed by atoms with van der Waals surface area (Å²) < 4.78 is 47.1. The fourth-order valence-electron chi connectivity index (χ4n) is 4.31. The van der Waals surface area contributed by atoms with Crippen LogP contribution >= 0.6 is 11.8 Å². The number of likely N-dealkylation sites (tertiary alicyclic amines) is 1. The molecule has 4 rings (SSSR count). The minimum absolute atomic E-state index is 0.00326. The van der Waals surface area contributed by atoms with Crippen LogP contribution in [0.4, 0.5) is 24.5 Å². The number of piperidine rings is 1. The number of methoxy groups -OCH3 is 1. The van der Waals surface area contributed by atoms with Crippen molar-refractivity contribution in [1.82, 2.24) is 19.6 Å². The number of ether oxygens (including phenoxy) is 1. The lowest BCUT2D eigenvalue weighted by Crippen LogP contribution is -2.45. The Balaban J connectivity index is 1.58. The van der Waals surface area contributed by atoms with Gasteiger partial charge < -0.3 is 25.8 Å². The van der Waals surface area contributed by atoms with Gasteiger partial charge in [0.1, 0.15) is 22.7 Å². The maximum absolute atomic E-state index is 13.5. The smallest absolute Gasteiger partial charge is 0.447 e. The van der Waals surface area contributed by atoms with E-state index in [2.05, 4.69) is 32.8 Å². The highest BCUT2D eigenvalue weighted by molar-refractivity contribution is 8.00. The monoisotopic (exact) mass is 562 g/mol. The Morgan fingerprint density at radius 2 is 2.08 bits per heavy atom. The van der Waals surface area contributed by atoms with Gasteiger partial charge in [0.25, 0.3) is 5.91 Å². The minimum atomic E-state index is -4.53. The number of amides is 1. The van der Waals surface area contributed by atoms with E-state index in [1.165, 1.54) is 24.8 Å². The van der Waals surface area contributed by atoms with Crippen LogP contribution in [0.25, 0.3) is 5.65 Å². The summed E-state index contributed by atoms with van der Waals surface area (Å²) in [5, 5.41) is 18.8. The summed E-state index contributed by atoms with van der Waals surface area (Å²) in [6.07, 6.45) is 2.32. The Labute approximate surface area is 228 Å². The van der Waals surface area contributed by atoms with Gasteiger partial charge in [-0.3, -0.25) is 14.1 Å². The van der Waals surface area contributed by atoms with E-state index in [4.69, 9.17) is 4.74 Å². The van der Waals surface area contributed by atoms with Crippen molar-refractivity contribution in [3.05, 3.63) is 47.8 Å². The fraction of sp³-hybridized carbons (Fsp3) is 0.385. The molecule has 1 unspecified atom stereocenters. The van der Waals surface area contributed by atoms with Crippen LogP contribution in [0.3, 0.4) is 0 Å². The molecule has 39 heavy (non-hydrogen) atoms. The third-order valence-electron chi connectivity index (χ3n) is 6.23. The zero-order chi connectivity index (χ0) is 28.2. The number of likely N-dealkylation sites (N-methyl/N-ethyl adjacent to an activating group) is 1. The van der Waals surface area contributed by atoms with E-state index < -0.39 is 11.7 Å². The zero-order valence-corrected chi connectivity index (χ0v) is 22.4. The molecule has 1 aliphatic rings. The number of aromatic nitrogens is 2. The van der Waals surface area contributed by atoms with E-state index in [9.17, 15) is 23.1 Å². The number of alkyl halides is 3. The zero-order valence-electron chi connectivity index (χ0n) is 21.6. The second kappa shape index (κ2) is 12.1. The molecule has 1 aliphatic heterocycles. The summed E-state index contributed by atoms with van der Waals surface area (Å²) in [4.78, 5) is 18.1. The third kappa shape index (κ3) is 6.89. The molecule has 208 valence electrons. The SMILES string of the molecule is CNC(=O)c1ccc(NCC#Cc2nc3c(N[C@@H]4CCC(O)N(C)C4)cccn3c2SC(F)(F)F)c(OC)c1. The Bertz CT molecular complexity index is 1400. The van der Waals surface area contributed by atoms with Crippen LogP contribution in [-0.2, 0) is 0 Å².